The fourth-order valence-corrected chi connectivity index (χ4v) is 5.19. The van der Waals surface area contributed by atoms with E-state index in [0.29, 0.717) is 22.4 Å². The number of amides is 1. The van der Waals surface area contributed by atoms with E-state index >= 15 is 0 Å². The Morgan fingerprint density at radius 2 is 1.89 bits per heavy atom. The van der Waals surface area contributed by atoms with Crippen LogP contribution in [0.2, 0.25) is 5.02 Å². The molecule has 1 aliphatic heterocycles. The summed E-state index contributed by atoms with van der Waals surface area (Å²) in [6.45, 7) is 6.38. The third-order valence-corrected chi connectivity index (χ3v) is 7.58. The second-order valence-corrected chi connectivity index (χ2v) is 10.4. The molecule has 5 rings (SSSR count). The van der Waals surface area contributed by atoms with Crippen LogP contribution in [0.1, 0.15) is 46.6 Å². The molecule has 2 atom stereocenters. The number of nitrogens with one attached hydrogen (secondary N) is 2. The summed E-state index contributed by atoms with van der Waals surface area (Å²) in [6.07, 6.45) is 2.03. The van der Waals surface area contributed by atoms with Crippen molar-refractivity contribution in [2.45, 2.75) is 39.3 Å². The fraction of sp³-hybridized carbons (Fsp3) is 0.233. The van der Waals surface area contributed by atoms with E-state index < -0.39 is 0 Å². The number of pyridine rings is 1. The first-order valence-electron chi connectivity index (χ1n) is 12.5. The quantitative estimate of drug-likeness (QED) is 0.246. The minimum Gasteiger partial charge on any atom is -0.459 e. The number of rotatable bonds is 7. The maximum Gasteiger partial charge on any atom is 0.226 e. The molecule has 0 aliphatic carbocycles. The van der Waals surface area contributed by atoms with E-state index in [-0.39, 0.29) is 24.4 Å². The largest absolute Gasteiger partial charge is 0.459 e. The molecule has 1 amide bonds. The SMILES string of the molecule is Cc1ccc(C)c(NC(=O)CCN2C(=S)N[C@@H](c3ccccn3)[C@H]2c2ccc(-c3ccc(C)c(Cl)c3)o2)c1. The molecule has 1 saturated heterocycles. The lowest BCUT2D eigenvalue weighted by molar-refractivity contribution is -0.116. The van der Waals surface area contributed by atoms with E-state index in [4.69, 9.17) is 28.2 Å². The molecule has 3 heterocycles. The van der Waals surface area contributed by atoms with Crippen LogP contribution in [-0.4, -0.2) is 27.4 Å². The zero-order valence-electron chi connectivity index (χ0n) is 21.5. The monoisotopic (exact) mass is 544 g/mol. The van der Waals surface area contributed by atoms with Gasteiger partial charge in [-0.2, -0.15) is 0 Å². The van der Waals surface area contributed by atoms with Crippen molar-refractivity contribution in [3.05, 3.63) is 106 Å². The lowest BCUT2D eigenvalue weighted by atomic mass is 10.0. The van der Waals surface area contributed by atoms with Gasteiger partial charge in [0, 0.05) is 35.4 Å². The van der Waals surface area contributed by atoms with Crippen LogP contribution in [0.25, 0.3) is 11.3 Å². The second-order valence-electron chi connectivity index (χ2n) is 9.60. The zero-order valence-corrected chi connectivity index (χ0v) is 23.1. The number of benzene rings is 2. The molecular weight excluding hydrogens is 516 g/mol. The molecule has 2 N–H and O–H groups in total. The van der Waals surface area contributed by atoms with E-state index in [0.717, 1.165) is 39.4 Å². The second kappa shape index (κ2) is 11.0. The number of furan rings is 1. The van der Waals surface area contributed by atoms with Gasteiger partial charge in [0.1, 0.15) is 17.6 Å². The molecule has 2 aromatic heterocycles. The average molecular weight is 545 g/mol. The third-order valence-electron chi connectivity index (χ3n) is 6.82. The third kappa shape index (κ3) is 5.44. The summed E-state index contributed by atoms with van der Waals surface area (Å²) in [5.41, 5.74) is 5.69. The van der Waals surface area contributed by atoms with Crippen LogP contribution in [-0.2, 0) is 4.79 Å². The van der Waals surface area contributed by atoms with Gasteiger partial charge in [-0.15, -0.1) is 0 Å². The molecule has 0 unspecified atom stereocenters. The maximum absolute atomic E-state index is 12.9. The van der Waals surface area contributed by atoms with Crippen LogP contribution in [0.3, 0.4) is 0 Å². The number of aromatic nitrogens is 1. The molecular formula is C30H29ClN4O2S. The molecule has 8 heteroatoms. The van der Waals surface area contributed by atoms with Gasteiger partial charge in [-0.05, 0) is 86.1 Å². The molecule has 0 radical (unpaired) electrons. The van der Waals surface area contributed by atoms with Crippen molar-refractivity contribution in [1.82, 2.24) is 15.2 Å². The van der Waals surface area contributed by atoms with Crippen molar-refractivity contribution in [3.63, 3.8) is 0 Å². The van der Waals surface area contributed by atoms with Crippen molar-refractivity contribution < 1.29 is 9.21 Å². The number of nitrogens with zero attached hydrogens (tertiary/aromatic N) is 2. The summed E-state index contributed by atoms with van der Waals surface area (Å²) in [6, 6.07) is 21.1. The minimum absolute atomic E-state index is 0.0732. The van der Waals surface area contributed by atoms with Crippen LogP contribution in [0.5, 0.6) is 0 Å². The van der Waals surface area contributed by atoms with Gasteiger partial charge in [-0.1, -0.05) is 41.9 Å². The minimum atomic E-state index is -0.277. The molecule has 0 saturated carbocycles. The molecule has 2 aromatic carbocycles. The summed E-state index contributed by atoms with van der Waals surface area (Å²) < 4.78 is 6.38. The van der Waals surface area contributed by atoms with Gasteiger partial charge in [0.05, 0.1) is 11.7 Å². The molecule has 0 bridgehead atoms. The molecule has 0 spiro atoms. The van der Waals surface area contributed by atoms with Crippen LogP contribution >= 0.6 is 23.8 Å². The zero-order chi connectivity index (χ0) is 26.8. The number of halogens is 1. The lowest BCUT2D eigenvalue weighted by Crippen LogP contribution is -2.32. The molecule has 194 valence electrons. The van der Waals surface area contributed by atoms with Crippen LogP contribution in [0.4, 0.5) is 5.69 Å². The Kier molecular flexibility index (Phi) is 7.49. The summed E-state index contributed by atoms with van der Waals surface area (Å²) >= 11 is 12.1. The predicted molar refractivity (Wildman–Crippen MR) is 155 cm³/mol. The molecule has 1 aliphatic rings. The van der Waals surface area contributed by atoms with E-state index in [1.165, 1.54) is 0 Å². The highest BCUT2D eigenvalue weighted by Crippen LogP contribution is 2.40. The van der Waals surface area contributed by atoms with Crippen LogP contribution in [0, 0.1) is 20.8 Å². The summed E-state index contributed by atoms with van der Waals surface area (Å²) in [4.78, 5) is 19.5. The first-order valence-corrected chi connectivity index (χ1v) is 13.3. The number of carbonyl (C=O) groups is 1. The number of aryl methyl sites for hydroxylation is 3. The predicted octanol–water partition coefficient (Wildman–Crippen LogP) is 6.92. The molecule has 1 fully saturated rings. The van der Waals surface area contributed by atoms with E-state index in [1.807, 2.05) is 92.4 Å². The maximum atomic E-state index is 12.9. The normalized spacial score (nSPS) is 16.9. The van der Waals surface area contributed by atoms with Crippen LogP contribution in [0.15, 0.2) is 77.3 Å². The Balaban J connectivity index is 1.40. The number of anilines is 1. The van der Waals surface area contributed by atoms with E-state index in [1.54, 1.807) is 6.20 Å². The lowest BCUT2D eigenvalue weighted by Gasteiger charge is -2.26. The fourth-order valence-electron chi connectivity index (χ4n) is 4.67. The average Bonchev–Trinajstić information content (AvgIpc) is 3.51. The van der Waals surface area contributed by atoms with Crippen molar-refractivity contribution >= 4 is 40.5 Å². The smallest absolute Gasteiger partial charge is 0.226 e. The van der Waals surface area contributed by atoms with Gasteiger partial charge in [0.15, 0.2) is 5.11 Å². The molecule has 6 nitrogen and oxygen atoms in total. The Morgan fingerprint density at radius 3 is 2.66 bits per heavy atom. The van der Waals surface area contributed by atoms with Gasteiger partial charge in [0.2, 0.25) is 5.91 Å². The Morgan fingerprint density at radius 1 is 1.08 bits per heavy atom. The van der Waals surface area contributed by atoms with Crippen molar-refractivity contribution in [2.24, 2.45) is 0 Å². The summed E-state index contributed by atoms with van der Waals surface area (Å²) in [7, 11) is 0. The van der Waals surface area contributed by atoms with Gasteiger partial charge in [0.25, 0.3) is 0 Å². The number of carbonyl (C=O) groups excluding carboxylic acids is 1. The Hall–Kier alpha value is -3.68. The number of hydrogen-bond donors (Lipinski definition) is 2. The molecule has 4 aromatic rings. The van der Waals surface area contributed by atoms with Crippen molar-refractivity contribution in [2.75, 3.05) is 11.9 Å². The summed E-state index contributed by atoms with van der Waals surface area (Å²) in [5, 5.41) is 7.70. The highest BCUT2D eigenvalue weighted by molar-refractivity contribution is 7.80. The van der Waals surface area contributed by atoms with Gasteiger partial charge < -0.3 is 20.0 Å². The number of thiocarbonyl (C=S) groups is 1. The summed E-state index contributed by atoms with van der Waals surface area (Å²) in [5.74, 6) is 1.37. The van der Waals surface area contributed by atoms with Crippen molar-refractivity contribution in [1.29, 1.82) is 0 Å². The van der Waals surface area contributed by atoms with Gasteiger partial charge >= 0.3 is 0 Å². The number of hydrogen-bond acceptors (Lipinski definition) is 4. The van der Waals surface area contributed by atoms with Crippen LogP contribution < -0.4 is 10.6 Å². The molecule has 38 heavy (non-hydrogen) atoms. The standard InChI is InChI=1S/C30H29ClN4O2S/c1-18-7-8-20(3)24(16-18)33-27(36)13-15-35-29(28(34-30(35)38)23-6-4-5-14-32-23)26-12-11-25(37-26)21-10-9-19(2)22(31)17-21/h4-12,14,16-17,28-29H,13,15H2,1-3H3,(H,33,36)(H,34,38)/t28-,29+/m0/s1. The van der Waals surface area contributed by atoms with E-state index in [9.17, 15) is 4.79 Å². The topological polar surface area (TPSA) is 70.4 Å². The first-order chi connectivity index (χ1) is 18.3. The van der Waals surface area contributed by atoms with Gasteiger partial charge in [-0.25, -0.2) is 0 Å². The van der Waals surface area contributed by atoms with E-state index in [2.05, 4.69) is 15.6 Å². The van der Waals surface area contributed by atoms with Crippen molar-refractivity contribution in [3.8, 4) is 11.3 Å². The Labute approximate surface area is 233 Å². The highest BCUT2D eigenvalue weighted by Gasteiger charge is 2.41. The van der Waals surface area contributed by atoms with Gasteiger partial charge in [-0.3, -0.25) is 9.78 Å². The Bertz CT molecular complexity index is 1490. The highest BCUT2D eigenvalue weighted by atomic mass is 35.5. The first kappa shape index (κ1) is 25.9.